The van der Waals surface area contributed by atoms with Gasteiger partial charge in [0.25, 0.3) is 15.9 Å². The second-order valence-corrected chi connectivity index (χ2v) is 14.1. The van der Waals surface area contributed by atoms with Gasteiger partial charge in [0, 0.05) is 51.6 Å². The summed E-state index contributed by atoms with van der Waals surface area (Å²) in [6, 6.07) is 3.60. The average Bonchev–Trinajstić information content (AvgIpc) is 3.63. The molecule has 0 saturated carbocycles. The molecule has 4 atom stereocenters. The molecule has 0 aliphatic carbocycles. The molecule has 15 nitrogen and oxygen atoms in total. The first-order valence-corrected chi connectivity index (χ1v) is 17.5. The van der Waals surface area contributed by atoms with E-state index in [4.69, 9.17) is 14.0 Å². The number of sulfonamides is 1. The lowest BCUT2D eigenvalue weighted by Gasteiger charge is -2.35. The second kappa shape index (κ2) is 15.8. The molecule has 3 amide bonds. The van der Waals surface area contributed by atoms with Gasteiger partial charge in [0.15, 0.2) is 10.8 Å². The van der Waals surface area contributed by atoms with Crippen molar-refractivity contribution in [3.8, 4) is 5.75 Å². The minimum atomic E-state index is -4.04. The zero-order chi connectivity index (χ0) is 35.2. The number of amides is 3. The molecule has 4 rings (SSSR count). The summed E-state index contributed by atoms with van der Waals surface area (Å²) in [5, 5.41) is 16.8. The Hall–Kier alpha value is -4.15. The summed E-state index contributed by atoms with van der Waals surface area (Å²) in [6.07, 6.45) is 4.27. The van der Waals surface area contributed by atoms with Gasteiger partial charge in [-0.1, -0.05) is 12.1 Å². The molecule has 1 aliphatic rings. The summed E-state index contributed by atoms with van der Waals surface area (Å²) in [4.78, 5) is 34.5. The first kappa shape index (κ1) is 36.7. The molecule has 264 valence electrons. The van der Waals surface area contributed by atoms with E-state index in [9.17, 15) is 23.1 Å². The molecule has 3 aromatic rings. The van der Waals surface area contributed by atoms with Gasteiger partial charge in [0.2, 0.25) is 0 Å². The lowest BCUT2D eigenvalue weighted by atomic mass is 10.0. The lowest BCUT2D eigenvalue weighted by molar-refractivity contribution is -0.0115. The Balaban J connectivity index is 1.63. The van der Waals surface area contributed by atoms with Crippen molar-refractivity contribution >= 4 is 33.3 Å². The van der Waals surface area contributed by atoms with Gasteiger partial charge in [-0.05, 0) is 65.2 Å². The number of fused-ring (bicyclic) bond motifs is 1. The predicted octanol–water partition coefficient (Wildman–Crippen LogP) is 3.79. The molecule has 1 aromatic carbocycles. The zero-order valence-electron chi connectivity index (χ0n) is 28.6. The van der Waals surface area contributed by atoms with E-state index in [1.165, 1.54) is 39.0 Å². The topological polar surface area (TPSA) is 181 Å². The van der Waals surface area contributed by atoms with Crippen molar-refractivity contribution in [3.05, 3.63) is 47.7 Å². The minimum Gasteiger partial charge on any atom is -0.490 e. The third-order valence-electron chi connectivity index (χ3n) is 8.33. The largest absolute Gasteiger partial charge is 0.490 e. The number of hydrogen-bond acceptors (Lipinski definition) is 10. The molecular formula is C32H47N7O8S. The highest BCUT2D eigenvalue weighted by atomic mass is 32.2. The summed E-state index contributed by atoms with van der Waals surface area (Å²) in [5.41, 5.74) is 1.37. The molecular weight excluding hydrogens is 642 g/mol. The van der Waals surface area contributed by atoms with E-state index in [0.29, 0.717) is 35.9 Å². The van der Waals surface area contributed by atoms with Crippen molar-refractivity contribution in [1.29, 1.82) is 0 Å². The van der Waals surface area contributed by atoms with E-state index < -0.39 is 28.1 Å². The molecule has 2 aromatic heterocycles. The van der Waals surface area contributed by atoms with Gasteiger partial charge in [0.1, 0.15) is 17.1 Å². The van der Waals surface area contributed by atoms with Crippen molar-refractivity contribution in [1.82, 2.24) is 24.5 Å². The molecule has 0 unspecified atom stereocenters. The van der Waals surface area contributed by atoms with Crippen LogP contribution in [0.2, 0.25) is 0 Å². The number of anilines is 2. The number of benzene rings is 1. The van der Waals surface area contributed by atoms with Crippen LogP contribution in [0.1, 0.15) is 61.8 Å². The summed E-state index contributed by atoms with van der Waals surface area (Å²) in [6.45, 7) is 9.54. The summed E-state index contributed by atoms with van der Waals surface area (Å²) in [7, 11) is -0.711. The molecule has 16 heteroatoms. The SMILES string of the molecule is Cc1noc(C)c1NC(=O)N(C)C[C@H]1OCCCC[C@H](C)Oc2ccc(NS(=O)(=O)c3cn(C)cn3)cc2C(=O)N([C@H](C)CO)C[C@@H]1C. The lowest BCUT2D eigenvalue weighted by Crippen LogP contribution is -2.48. The number of carbonyl (C=O) groups is 2. The molecule has 3 N–H and O–H groups in total. The van der Waals surface area contributed by atoms with E-state index in [2.05, 4.69) is 20.2 Å². The Bertz CT molecular complexity index is 1650. The van der Waals surface area contributed by atoms with Gasteiger partial charge in [-0.3, -0.25) is 9.52 Å². The van der Waals surface area contributed by atoms with Crippen molar-refractivity contribution < 1.29 is 37.1 Å². The number of aromatic nitrogens is 3. The van der Waals surface area contributed by atoms with Crippen LogP contribution in [0.25, 0.3) is 0 Å². The number of aliphatic hydroxyl groups is 1. The van der Waals surface area contributed by atoms with Crippen molar-refractivity contribution in [2.24, 2.45) is 13.0 Å². The second-order valence-electron chi connectivity index (χ2n) is 12.5. The Morgan fingerprint density at radius 1 is 1.23 bits per heavy atom. The highest BCUT2D eigenvalue weighted by Gasteiger charge is 2.31. The molecule has 0 radical (unpaired) electrons. The number of carbonyl (C=O) groups excluding carboxylic acids is 2. The summed E-state index contributed by atoms with van der Waals surface area (Å²) >= 11 is 0. The van der Waals surface area contributed by atoms with E-state index >= 15 is 0 Å². The van der Waals surface area contributed by atoms with Crippen LogP contribution in [0, 0.1) is 19.8 Å². The highest BCUT2D eigenvalue weighted by molar-refractivity contribution is 7.92. The molecule has 3 heterocycles. The van der Waals surface area contributed by atoms with E-state index in [-0.39, 0.29) is 54.0 Å². The zero-order valence-corrected chi connectivity index (χ0v) is 29.4. The third kappa shape index (κ3) is 9.05. The first-order chi connectivity index (χ1) is 22.7. The van der Waals surface area contributed by atoms with Gasteiger partial charge in [0.05, 0.1) is 36.7 Å². The predicted molar refractivity (Wildman–Crippen MR) is 179 cm³/mol. The number of likely N-dealkylation sites (N-methyl/N-ethyl adjacent to an activating group) is 1. The maximum Gasteiger partial charge on any atom is 0.321 e. The number of rotatable bonds is 8. The van der Waals surface area contributed by atoms with Crippen LogP contribution in [-0.4, -0.2) is 102 Å². The van der Waals surface area contributed by atoms with Crippen molar-refractivity contribution in [2.75, 3.05) is 43.4 Å². The van der Waals surface area contributed by atoms with Crippen molar-refractivity contribution in [2.45, 2.75) is 77.2 Å². The number of urea groups is 1. The van der Waals surface area contributed by atoms with Crippen LogP contribution in [-0.2, 0) is 21.8 Å². The number of aliphatic hydroxyl groups excluding tert-OH is 1. The Morgan fingerprint density at radius 3 is 2.62 bits per heavy atom. The van der Waals surface area contributed by atoms with Gasteiger partial charge in [-0.25, -0.2) is 9.78 Å². The molecule has 0 fully saturated rings. The fourth-order valence-electron chi connectivity index (χ4n) is 5.40. The number of nitrogens with one attached hydrogen (secondary N) is 2. The molecule has 0 bridgehead atoms. The first-order valence-electron chi connectivity index (χ1n) is 16.0. The van der Waals surface area contributed by atoms with Gasteiger partial charge >= 0.3 is 6.03 Å². The molecule has 0 spiro atoms. The number of hydrogen-bond donors (Lipinski definition) is 3. The standard InChI is InChI=1S/C32H47N7O8S/c1-20-15-39(21(2)18-40)31(41)26-14-25(36-48(43,44)29-17-37(6)19-33-29)11-12-27(26)46-22(3)10-8-9-13-45-28(20)16-38(7)32(42)34-30-23(4)35-47-24(30)5/h11-12,14,17,19-22,28,36,40H,8-10,13,15-16,18H2,1-7H3,(H,34,42)/t20-,21+,22-,28+/m0/s1. The number of aryl methyl sites for hydroxylation is 3. The normalized spacial score (nSPS) is 20.3. The number of imidazole rings is 1. The van der Waals surface area contributed by atoms with E-state index in [1.807, 2.05) is 13.8 Å². The van der Waals surface area contributed by atoms with Crippen molar-refractivity contribution in [3.63, 3.8) is 0 Å². The maximum absolute atomic E-state index is 14.3. The van der Waals surface area contributed by atoms with Crippen LogP contribution in [0.4, 0.5) is 16.2 Å². The fraction of sp³-hybridized carbons (Fsp3) is 0.562. The minimum absolute atomic E-state index is 0.140. The number of nitrogens with zero attached hydrogens (tertiary/aromatic N) is 5. The van der Waals surface area contributed by atoms with Crippen LogP contribution in [0.3, 0.4) is 0 Å². The molecule has 0 saturated heterocycles. The maximum atomic E-state index is 14.3. The molecule has 48 heavy (non-hydrogen) atoms. The monoisotopic (exact) mass is 689 g/mol. The Labute approximate surface area is 281 Å². The third-order valence-corrected chi connectivity index (χ3v) is 9.59. The van der Waals surface area contributed by atoms with E-state index in [0.717, 1.165) is 12.8 Å². The quantitative estimate of drug-likeness (QED) is 0.315. The number of ether oxygens (including phenoxy) is 2. The molecule has 1 aliphatic heterocycles. The summed E-state index contributed by atoms with van der Waals surface area (Å²) < 4.78 is 47.9. The fourth-order valence-corrected chi connectivity index (χ4v) is 6.43. The van der Waals surface area contributed by atoms with Crippen LogP contribution >= 0.6 is 0 Å². The smallest absolute Gasteiger partial charge is 0.321 e. The van der Waals surface area contributed by atoms with Crippen LogP contribution in [0.5, 0.6) is 5.75 Å². The van der Waals surface area contributed by atoms with E-state index in [1.54, 1.807) is 40.9 Å². The van der Waals surface area contributed by atoms with Gasteiger partial charge < -0.3 is 38.8 Å². The Kier molecular flexibility index (Phi) is 12.1. The van der Waals surface area contributed by atoms with Gasteiger partial charge in [-0.15, -0.1) is 0 Å². The highest BCUT2D eigenvalue weighted by Crippen LogP contribution is 2.29. The Morgan fingerprint density at radius 2 is 1.98 bits per heavy atom. The summed E-state index contributed by atoms with van der Waals surface area (Å²) in [5.74, 6) is 0.0611. The van der Waals surface area contributed by atoms with Gasteiger partial charge in [-0.2, -0.15) is 8.42 Å². The van der Waals surface area contributed by atoms with Crippen LogP contribution in [0.15, 0.2) is 40.3 Å². The van der Waals surface area contributed by atoms with Crippen LogP contribution < -0.4 is 14.8 Å². The average molecular weight is 690 g/mol.